The fraction of sp³-hybridized carbons (Fsp3) is 0.202. The second kappa shape index (κ2) is 56.5. The number of nitrogens with zero attached hydrogens (tertiary/aromatic N) is 9. The Labute approximate surface area is 910 Å². The van der Waals surface area contributed by atoms with E-state index in [0.717, 1.165) is 44.4 Å². The molecule has 14 rings (SSSR count). The summed E-state index contributed by atoms with van der Waals surface area (Å²) in [5, 5.41) is 23.1. The molecule has 4 aliphatic heterocycles. The monoisotopic (exact) mass is 2620 g/mol. The zero-order valence-electron chi connectivity index (χ0n) is 69.9. The number of nitro groups is 2. The number of carbonyl (C=O) groups is 8. The first-order valence-corrected chi connectivity index (χ1v) is 47.6. The van der Waals surface area contributed by atoms with Gasteiger partial charge in [0.15, 0.2) is 5.56 Å². The molecule has 0 spiro atoms. The predicted molar refractivity (Wildman–Crippen MR) is 539 cm³/mol. The first-order chi connectivity index (χ1) is 59.2. The van der Waals surface area contributed by atoms with E-state index in [-0.39, 0.29) is 205 Å². The molecular formula is C84H78Cl9I4N12O17S2V4-3. The number of amides is 6. The van der Waals surface area contributed by atoms with Crippen LogP contribution in [0.5, 0.6) is 0 Å². The standard InChI is InChI=1S/C23H19Cl2N3O4S.C13H5Cl2N3O4.C13H7Cl2N3O2.C10H13ClO2S.C8H2ClNO5.C5H5ClN2.C3H5I3.C3H6I.C3H7.C2H5.CH4.4V/c1-23(2,3)13-4-6-16(7-5-13)33(31,32)27-18-9-8-17(25)19-20(18)22(30)28(21(19)29)15-10-14(24)11-26-12-15;14-6-3-7(5-16-4-6)17-12(19)10-8(15)1-2-9(18(21)22)11(10)13(17)20;14-6-3-7(5-17-4-6)18-12(19)10-8(15)1-2-9(16)11(10)13(18)20;1-10(2,3)8-4-6-9(7-5-8)14(11,12)13;9-3-1-2-4(10(13)14)6-5(3)7(11)15-8(6)12;6-4-1-5(7)3-8-2-4;1-2-3(4,5)6;1-2-3-4;1-3-2;1-2;;;;;/h4-12,27H,1-3H3;1-5H;1-5H,16H2;4-7H,1-3H3;1-2H;1-3H,7H2;2H2,1H3;3H,2H2,1H3;1,3H2,2H3;1H2,2H3;1H4;;;;/q;;;;;;;3*-1;;;;;. The number of fused-ring (bicyclic) bond motifs is 4. The second-order valence-corrected chi connectivity index (χ2v) is 47.8. The number of imide groups is 3. The smallest absolute Gasteiger partial charge is 0.354 e. The molecule has 132 heavy (non-hydrogen) atoms. The molecule has 0 unspecified atom stereocenters. The number of anilines is 6. The summed E-state index contributed by atoms with van der Waals surface area (Å²) in [6.45, 7) is 27.1. The van der Waals surface area contributed by atoms with Crippen LogP contribution in [-0.4, -0.2) is 93.4 Å². The van der Waals surface area contributed by atoms with Crippen LogP contribution in [0.2, 0.25) is 40.2 Å². The van der Waals surface area contributed by atoms with E-state index in [2.05, 4.69) is 173 Å². The van der Waals surface area contributed by atoms with Crippen molar-refractivity contribution in [3.8, 4) is 0 Å². The Morgan fingerprint density at radius 2 is 0.758 bits per heavy atom. The number of nitrogen functional groups attached to an aromatic ring is 2. The summed E-state index contributed by atoms with van der Waals surface area (Å²) in [6, 6.07) is 29.2. The molecular weight excluding hydrogens is 2540 g/mol. The molecule has 4 radical (unpaired) electrons. The molecule has 29 nitrogen and oxygen atoms in total. The first kappa shape index (κ1) is 126. The van der Waals surface area contributed by atoms with E-state index in [9.17, 15) is 75.4 Å². The van der Waals surface area contributed by atoms with Crippen LogP contribution in [0.1, 0.15) is 190 Å². The third kappa shape index (κ3) is 34.2. The largest absolute Gasteiger partial charge is 0.398 e. The van der Waals surface area contributed by atoms with E-state index < -0.39 is 87.7 Å². The van der Waals surface area contributed by atoms with Crippen LogP contribution in [0.15, 0.2) is 181 Å². The van der Waals surface area contributed by atoms with Crippen LogP contribution in [0.4, 0.5) is 45.5 Å². The maximum atomic E-state index is 13.2. The van der Waals surface area contributed by atoms with E-state index in [1.54, 1.807) is 43.5 Å². The Morgan fingerprint density at radius 3 is 1.08 bits per heavy atom. The van der Waals surface area contributed by atoms with Crippen molar-refractivity contribution in [1.82, 2.24) is 19.9 Å². The summed E-state index contributed by atoms with van der Waals surface area (Å²) >= 11 is 56.3. The molecule has 6 aromatic carbocycles. The van der Waals surface area contributed by atoms with Gasteiger partial charge in [-0.05, 0) is 113 Å². The number of hydrogen-bond acceptors (Lipinski definition) is 23. The van der Waals surface area contributed by atoms with Gasteiger partial charge in [0.25, 0.3) is 65.9 Å². The van der Waals surface area contributed by atoms with Gasteiger partial charge in [0.1, 0.15) is 10.6 Å². The van der Waals surface area contributed by atoms with Crippen LogP contribution in [0.25, 0.3) is 0 Å². The molecule has 702 valence electrons. The van der Waals surface area contributed by atoms with Gasteiger partial charge in [0.2, 0.25) is 0 Å². The molecule has 4 aliphatic rings. The van der Waals surface area contributed by atoms with E-state index in [1.807, 2.05) is 27.7 Å². The number of ether oxygens (including phenoxy) is 1. The minimum atomic E-state index is -4.05. The quantitative estimate of drug-likeness (QED) is 0.0103. The number of aromatic nitrogens is 4. The Kier molecular flexibility index (Phi) is 54.1. The van der Waals surface area contributed by atoms with Crippen LogP contribution >= 0.6 is 194 Å². The average Bonchev–Trinajstić information content (AvgIpc) is 1.61. The summed E-state index contributed by atoms with van der Waals surface area (Å²) in [4.78, 5) is 136. The average molecular weight is 2620 g/mol. The second-order valence-electron chi connectivity index (χ2n) is 27.5. The normalized spacial score (nSPS) is 12.2. The minimum Gasteiger partial charge on any atom is -0.398 e. The van der Waals surface area contributed by atoms with Gasteiger partial charge in [-0.1, -0.05) is 255 Å². The number of nitro benzene ring substituents is 2. The number of hydrogen-bond donors (Lipinski definition) is 3. The molecule has 8 heterocycles. The van der Waals surface area contributed by atoms with Crippen molar-refractivity contribution < 1.29 is 144 Å². The maximum Gasteiger partial charge on any atom is 0.354 e. The number of carbonyl (C=O) groups excluding carboxylic acids is 8. The van der Waals surface area contributed by atoms with Crippen molar-refractivity contribution in [2.24, 2.45) is 0 Å². The number of nitrogens with one attached hydrogen (secondary N) is 1. The van der Waals surface area contributed by atoms with Crippen molar-refractivity contribution >= 4 is 306 Å². The Morgan fingerprint density at radius 1 is 0.462 bits per heavy atom. The maximum absolute atomic E-state index is 13.2. The number of pyridine rings is 4. The van der Waals surface area contributed by atoms with Gasteiger partial charge >= 0.3 is 11.9 Å². The van der Waals surface area contributed by atoms with Gasteiger partial charge in [-0.15, -0.1) is 0 Å². The number of nitrogens with two attached hydrogens (primary N) is 2. The van der Waals surface area contributed by atoms with Crippen molar-refractivity contribution in [1.29, 1.82) is 0 Å². The third-order valence-corrected chi connectivity index (χ3v) is 24.5. The number of benzene rings is 6. The first-order valence-electron chi connectivity index (χ1n) is 36.3. The molecule has 48 heteroatoms. The molecule has 6 amide bonds. The molecule has 0 atom stereocenters. The van der Waals surface area contributed by atoms with Crippen molar-refractivity contribution in [3.05, 3.63) is 305 Å². The van der Waals surface area contributed by atoms with Crippen molar-refractivity contribution in [2.75, 3.05) is 30.9 Å². The molecule has 0 saturated heterocycles. The summed E-state index contributed by atoms with van der Waals surface area (Å²) in [7, 11) is -2.44. The number of sulfonamides is 1. The zero-order valence-corrected chi connectivity index (χ0v) is 92.6. The third-order valence-electron chi connectivity index (χ3n) is 16.5. The van der Waals surface area contributed by atoms with E-state index in [0.29, 0.717) is 15.2 Å². The SMILES string of the molecule is C.CC(C)(C)c1ccc(S(=O)(=O)Cl)cc1.CC(C)(C)c1ccc(S(=O)(=O)Nc2ccc(Cl)c3c2C(=O)N(c2cncc(Cl)c2)C3=O)cc1.CCC(I)(I)I.CC[CH-]I.Nc1ccc(Cl)c2c1C(=O)N(c1cncc(Cl)c1)C2=O.Nc1cncc(Cl)c1.O=C1OC(=O)c2c([N+](=O)[O-])ccc(Cl)c21.O=C1c2c(Cl)ccc([N+](=O)[O-])c2C(=O)N1c1cncc(Cl)c1.[CH2-]C.[CH2-]CC.[V].[V].[V].[V]. The van der Waals surface area contributed by atoms with Gasteiger partial charge in [-0.25, -0.2) is 41.1 Å². The van der Waals surface area contributed by atoms with Gasteiger partial charge in [0, 0.05) is 134 Å². The van der Waals surface area contributed by atoms with Crippen molar-refractivity contribution in [2.45, 2.75) is 116 Å². The number of halogens is 13. The Balaban J connectivity index is 0.00000155. The predicted octanol–water partition coefficient (Wildman–Crippen LogP) is 25.0. The van der Waals surface area contributed by atoms with Crippen molar-refractivity contribution in [3.63, 3.8) is 0 Å². The summed E-state index contributed by atoms with van der Waals surface area (Å²) in [5.74, 6) is -6.08. The molecule has 4 aromatic heterocycles. The number of rotatable bonds is 11. The fourth-order valence-corrected chi connectivity index (χ4v) is 14.2. The molecule has 0 saturated carbocycles. The zero-order chi connectivity index (χ0) is 96.0. The summed E-state index contributed by atoms with van der Waals surface area (Å²) < 4.78 is 57.2. The van der Waals surface area contributed by atoms with Gasteiger partial charge in [-0.3, -0.25) is 78.1 Å². The molecule has 10 aromatic rings. The van der Waals surface area contributed by atoms with Crippen LogP contribution in [-0.2, 0) is 109 Å². The van der Waals surface area contributed by atoms with Gasteiger partial charge in [0.05, 0.1) is 135 Å². The van der Waals surface area contributed by atoms with Crippen LogP contribution in [0, 0.1) is 38.5 Å². The Bertz CT molecular complexity index is 6050. The van der Waals surface area contributed by atoms with Crippen LogP contribution < -0.4 is 30.9 Å². The topological polar surface area (TPSA) is 426 Å². The number of esters is 2. The van der Waals surface area contributed by atoms with E-state index in [4.69, 9.17) is 115 Å². The van der Waals surface area contributed by atoms with E-state index >= 15 is 0 Å². The number of cyclic esters (lactones) is 2. The molecule has 0 bridgehead atoms. The van der Waals surface area contributed by atoms with E-state index in [1.165, 1.54) is 135 Å². The number of alkyl halides is 3. The molecule has 5 N–H and O–H groups in total. The van der Waals surface area contributed by atoms with Gasteiger partial charge in [-0.2, -0.15) is 19.8 Å². The fourth-order valence-electron chi connectivity index (χ4n) is 10.7. The Hall–Kier alpha value is -5.55. The summed E-state index contributed by atoms with van der Waals surface area (Å²) in [6.07, 6.45) is 14.5. The van der Waals surface area contributed by atoms with Gasteiger partial charge < -0.3 is 52.6 Å². The van der Waals surface area contributed by atoms with Crippen LogP contribution in [0.3, 0.4) is 0 Å². The molecule has 0 aliphatic carbocycles. The minimum absolute atomic E-state index is 0. The summed E-state index contributed by atoms with van der Waals surface area (Å²) in [5.41, 5.74) is 12.2. The molecule has 0 fully saturated rings.